The fourth-order valence-electron chi connectivity index (χ4n) is 4.13. The number of fused-ring (bicyclic) bond motifs is 1. The number of H-pyrrole nitrogens is 1. The van der Waals surface area contributed by atoms with Gasteiger partial charge in [-0.15, -0.1) is 0 Å². The normalized spacial score (nSPS) is 16.1. The van der Waals surface area contributed by atoms with Gasteiger partial charge in [-0.05, 0) is 74.2 Å². The van der Waals surface area contributed by atoms with Gasteiger partial charge in [0.05, 0.1) is 12.1 Å². The Labute approximate surface area is 196 Å². The first-order chi connectivity index (χ1) is 16.4. The van der Waals surface area contributed by atoms with Crippen molar-refractivity contribution in [1.82, 2.24) is 9.88 Å². The molecule has 0 aliphatic carbocycles. The minimum atomic E-state index is -0.779. The molecule has 1 saturated heterocycles. The molecular formula is C25H25N5O4. The van der Waals surface area contributed by atoms with Gasteiger partial charge in [-0.1, -0.05) is 0 Å². The number of nitrogens with zero attached hydrogens (tertiary/aromatic N) is 2. The summed E-state index contributed by atoms with van der Waals surface area (Å²) < 4.78 is 5.42. The summed E-state index contributed by atoms with van der Waals surface area (Å²) in [6, 6.07) is 12.6. The number of hydrogen-bond donors (Lipinski definition) is 3. The van der Waals surface area contributed by atoms with Crippen molar-refractivity contribution in [2.45, 2.75) is 38.3 Å². The third-order valence-electron chi connectivity index (χ3n) is 5.93. The van der Waals surface area contributed by atoms with Crippen LogP contribution in [-0.2, 0) is 11.2 Å². The van der Waals surface area contributed by atoms with E-state index in [0.717, 1.165) is 22.9 Å². The molecule has 9 heteroatoms. The van der Waals surface area contributed by atoms with Crippen molar-refractivity contribution in [1.29, 1.82) is 5.26 Å². The third-order valence-corrected chi connectivity index (χ3v) is 5.93. The number of nitrogens with one attached hydrogen (secondary N) is 2. The maximum Gasteiger partial charge on any atom is 0.417 e. The first kappa shape index (κ1) is 23.0. The number of aromatic nitrogens is 1. The number of carbonyl (C=O) groups is 3. The third kappa shape index (κ3) is 4.92. The van der Waals surface area contributed by atoms with E-state index >= 15 is 0 Å². The largest absolute Gasteiger partial charge is 0.417 e. The van der Waals surface area contributed by atoms with Crippen LogP contribution in [0, 0.1) is 11.3 Å². The molecule has 0 bridgehead atoms. The summed E-state index contributed by atoms with van der Waals surface area (Å²) in [6.45, 7) is 2.02. The number of nitrogens with two attached hydrogens (primary N) is 1. The molecule has 1 aliphatic heterocycles. The molecule has 4 rings (SSSR count). The van der Waals surface area contributed by atoms with Crippen LogP contribution >= 0.6 is 0 Å². The average Bonchev–Trinajstić information content (AvgIpc) is 3.45. The number of ketones is 1. The van der Waals surface area contributed by atoms with Crippen LogP contribution in [0.2, 0.25) is 0 Å². The highest BCUT2D eigenvalue weighted by molar-refractivity contribution is 5.95. The van der Waals surface area contributed by atoms with Crippen molar-refractivity contribution >= 4 is 34.4 Å². The lowest BCUT2D eigenvalue weighted by Crippen LogP contribution is -2.46. The molecule has 0 radical (unpaired) electrons. The van der Waals surface area contributed by atoms with Crippen LogP contribution in [0.3, 0.4) is 0 Å². The molecule has 34 heavy (non-hydrogen) atoms. The van der Waals surface area contributed by atoms with Crippen LogP contribution in [0.1, 0.15) is 35.7 Å². The number of likely N-dealkylation sites (tertiary alicyclic amines) is 1. The predicted molar refractivity (Wildman–Crippen MR) is 126 cm³/mol. The van der Waals surface area contributed by atoms with Gasteiger partial charge in [0.15, 0.2) is 5.78 Å². The summed E-state index contributed by atoms with van der Waals surface area (Å²) in [4.78, 5) is 41.2. The summed E-state index contributed by atoms with van der Waals surface area (Å²) in [5, 5.41) is 12.7. The van der Waals surface area contributed by atoms with Gasteiger partial charge in [0.1, 0.15) is 11.8 Å². The summed E-state index contributed by atoms with van der Waals surface area (Å²) in [7, 11) is 0. The summed E-state index contributed by atoms with van der Waals surface area (Å²) >= 11 is 0. The van der Waals surface area contributed by atoms with Crippen LogP contribution in [-0.4, -0.2) is 46.3 Å². The van der Waals surface area contributed by atoms with E-state index in [1.807, 2.05) is 0 Å². The first-order valence-corrected chi connectivity index (χ1v) is 11.0. The van der Waals surface area contributed by atoms with E-state index in [1.54, 1.807) is 53.6 Å². The lowest BCUT2D eigenvalue weighted by atomic mass is 10.0. The SMILES string of the molecule is CC(=O)c1ccc(NC(=O)Oc2ccc3[nH]cc(CC(N)C(=O)N4CCCC4C#N)c3c2)cc1. The van der Waals surface area contributed by atoms with E-state index in [-0.39, 0.29) is 18.1 Å². The Balaban J connectivity index is 1.43. The molecule has 1 aliphatic rings. The van der Waals surface area contributed by atoms with Crippen LogP contribution in [0.25, 0.3) is 10.9 Å². The van der Waals surface area contributed by atoms with Gasteiger partial charge in [-0.3, -0.25) is 14.9 Å². The summed E-state index contributed by atoms with van der Waals surface area (Å²) in [6.07, 6.45) is 2.87. The van der Waals surface area contributed by atoms with Crippen LogP contribution in [0.4, 0.5) is 10.5 Å². The Morgan fingerprint density at radius 1 is 1.26 bits per heavy atom. The molecular weight excluding hydrogens is 434 g/mol. The van der Waals surface area contributed by atoms with Crippen LogP contribution in [0.5, 0.6) is 5.75 Å². The molecule has 2 unspecified atom stereocenters. The van der Waals surface area contributed by atoms with Gasteiger partial charge in [0.25, 0.3) is 0 Å². The Morgan fingerprint density at radius 2 is 2.03 bits per heavy atom. The number of ether oxygens (including phenoxy) is 1. The van der Waals surface area contributed by atoms with Gasteiger partial charge >= 0.3 is 6.09 Å². The summed E-state index contributed by atoms with van der Waals surface area (Å²) in [5.41, 5.74) is 8.88. The molecule has 174 valence electrons. The number of amides is 2. The Kier molecular flexibility index (Phi) is 6.61. The smallest absolute Gasteiger partial charge is 0.410 e. The minimum absolute atomic E-state index is 0.0588. The van der Waals surface area contributed by atoms with Crippen LogP contribution in [0.15, 0.2) is 48.7 Å². The van der Waals surface area contributed by atoms with E-state index in [0.29, 0.717) is 30.0 Å². The number of carbonyl (C=O) groups excluding carboxylic acids is 3. The number of aromatic amines is 1. The number of nitriles is 1. The summed E-state index contributed by atoms with van der Waals surface area (Å²) in [5.74, 6) is 0.0348. The fourth-order valence-corrected chi connectivity index (χ4v) is 4.13. The topological polar surface area (TPSA) is 141 Å². The van der Waals surface area contributed by atoms with Crippen molar-refractivity contribution in [3.8, 4) is 11.8 Å². The Morgan fingerprint density at radius 3 is 2.74 bits per heavy atom. The highest BCUT2D eigenvalue weighted by Gasteiger charge is 2.31. The lowest BCUT2D eigenvalue weighted by molar-refractivity contribution is -0.132. The van der Waals surface area contributed by atoms with Crippen molar-refractivity contribution in [3.63, 3.8) is 0 Å². The van der Waals surface area contributed by atoms with E-state index in [1.165, 1.54) is 6.92 Å². The van der Waals surface area contributed by atoms with Gasteiger partial charge in [0, 0.05) is 34.9 Å². The molecule has 9 nitrogen and oxygen atoms in total. The van der Waals surface area contributed by atoms with Gasteiger partial charge < -0.3 is 20.4 Å². The quantitative estimate of drug-likeness (QED) is 0.483. The second-order valence-corrected chi connectivity index (χ2v) is 8.30. The van der Waals surface area contributed by atoms with Crippen molar-refractivity contribution < 1.29 is 19.1 Å². The zero-order valence-electron chi connectivity index (χ0n) is 18.7. The van der Waals surface area contributed by atoms with Gasteiger partial charge in [-0.2, -0.15) is 5.26 Å². The molecule has 2 amide bonds. The molecule has 2 heterocycles. The first-order valence-electron chi connectivity index (χ1n) is 11.0. The van der Waals surface area contributed by atoms with E-state index in [2.05, 4.69) is 16.4 Å². The molecule has 0 saturated carbocycles. The van der Waals surface area contributed by atoms with Crippen molar-refractivity contribution in [2.24, 2.45) is 5.73 Å². The molecule has 1 aromatic heterocycles. The van der Waals surface area contributed by atoms with E-state index < -0.39 is 18.2 Å². The standard InChI is InChI=1S/C25H25N5O4/c1-15(31)16-4-6-18(7-5-16)29-25(33)34-20-8-9-23-21(12-20)17(14-28-23)11-22(27)24(32)30-10-2-3-19(30)13-26/h4-9,12,14,19,22,28H,2-3,10-11,27H2,1H3,(H,29,33). The molecule has 2 atom stereocenters. The highest BCUT2D eigenvalue weighted by Crippen LogP contribution is 2.26. The number of benzene rings is 2. The highest BCUT2D eigenvalue weighted by atomic mass is 16.6. The molecule has 4 N–H and O–H groups in total. The van der Waals surface area contributed by atoms with Crippen LogP contribution < -0.4 is 15.8 Å². The Hall–Kier alpha value is -4.16. The maximum absolute atomic E-state index is 12.8. The lowest BCUT2D eigenvalue weighted by Gasteiger charge is -2.23. The fraction of sp³-hybridized carbons (Fsp3) is 0.280. The van der Waals surface area contributed by atoms with Gasteiger partial charge in [0.2, 0.25) is 5.91 Å². The average molecular weight is 460 g/mol. The minimum Gasteiger partial charge on any atom is -0.410 e. The molecule has 1 fully saturated rings. The number of hydrogen-bond acceptors (Lipinski definition) is 6. The van der Waals surface area contributed by atoms with Crippen molar-refractivity contribution in [3.05, 3.63) is 59.8 Å². The zero-order chi connectivity index (χ0) is 24.2. The Bertz CT molecular complexity index is 1270. The van der Waals surface area contributed by atoms with E-state index in [9.17, 15) is 19.6 Å². The monoisotopic (exact) mass is 459 g/mol. The predicted octanol–water partition coefficient (Wildman–Crippen LogP) is 3.37. The maximum atomic E-state index is 12.8. The molecule has 3 aromatic rings. The number of anilines is 1. The molecule has 0 spiro atoms. The van der Waals surface area contributed by atoms with E-state index in [4.69, 9.17) is 10.5 Å². The number of rotatable bonds is 6. The second kappa shape index (κ2) is 9.77. The van der Waals surface area contributed by atoms with Crippen molar-refractivity contribution in [2.75, 3.05) is 11.9 Å². The number of Topliss-reactive ketones (excluding diaryl/α,β-unsaturated/α-hetero) is 1. The second-order valence-electron chi connectivity index (χ2n) is 8.30. The van der Waals surface area contributed by atoms with Gasteiger partial charge in [-0.25, -0.2) is 4.79 Å². The zero-order valence-corrected chi connectivity index (χ0v) is 18.7. The molecule has 2 aromatic carbocycles.